The van der Waals surface area contributed by atoms with Gasteiger partial charge in [0.25, 0.3) is 0 Å². The van der Waals surface area contributed by atoms with Crippen LogP contribution in [-0.4, -0.2) is 4.57 Å². The van der Waals surface area contributed by atoms with Crippen LogP contribution in [0.3, 0.4) is 0 Å². The van der Waals surface area contributed by atoms with Gasteiger partial charge in [-0.2, -0.15) is 5.26 Å². The second kappa shape index (κ2) is 2.79. The van der Waals surface area contributed by atoms with Gasteiger partial charge in [-0.3, -0.25) is 0 Å². The van der Waals surface area contributed by atoms with Gasteiger partial charge in [-0.15, -0.1) is 0 Å². The van der Waals surface area contributed by atoms with Gasteiger partial charge in [0.2, 0.25) is 0 Å². The lowest BCUT2D eigenvalue weighted by Gasteiger charge is -2.10. The summed E-state index contributed by atoms with van der Waals surface area (Å²) in [6.45, 7) is 5.93. The first-order valence-electron chi connectivity index (χ1n) is 3.71. The predicted molar refractivity (Wildman–Crippen MR) is 44.2 cm³/mol. The molecule has 0 aliphatic heterocycles. The molecule has 1 unspecified atom stereocenters. The van der Waals surface area contributed by atoms with Crippen LogP contribution in [0.2, 0.25) is 0 Å². The van der Waals surface area contributed by atoms with Crippen molar-refractivity contribution in [1.82, 2.24) is 4.57 Å². The van der Waals surface area contributed by atoms with Crippen LogP contribution >= 0.6 is 0 Å². The third kappa shape index (κ3) is 1.27. The lowest BCUT2D eigenvalue weighted by atomic mass is 10.3. The summed E-state index contributed by atoms with van der Waals surface area (Å²) < 4.78 is 2.03. The molecule has 0 bridgehead atoms. The first kappa shape index (κ1) is 7.87. The van der Waals surface area contributed by atoms with E-state index in [0.29, 0.717) is 0 Å². The van der Waals surface area contributed by atoms with Crippen molar-refractivity contribution in [2.24, 2.45) is 0 Å². The Morgan fingerprint density at radius 3 is 2.18 bits per heavy atom. The van der Waals surface area contributed by atoms with Crippen molar-refractivity contribution < 1.29 is 0 Å². The molecule has 0 fully saturated rings. The molecular weight excluding hydrogens is 136 g/mol. The highest BCUT2D eigenvalue weighted by Crippen LogP contribution is 2.13. The van der Waals surface area contributed by atoms with Crippen molar-refractivity contribution in [2.45, 2.75) is 26.8 Å². The van der Waals surface area contributed by atoms with E-state index >= 15 is 0 Å². The van der Waals surface area contributed by atoms with Gasteiger partial charge >= 0.3 is 0 Å². The van der Waals surface area contributed by atoms with E-state index in [0.717, 1.165) is 11.4 Å². The molecule has 0 saturated carbocycles. The van der Waals surface area contributed by atoms with E-state index in [-0.39, 0.29) is 6.04 Å². The molecule has 0 aromatic carbocycles. The van der Waals surface area contributed by atoms with Gasteiger partial charge in [-0.25, -0.2) is 0 Å². The fraction of sp³-hybridized carbons (Fsp3) is 0.444. The Labute approximate surface area is 67.1 Å². The SMILES string of the molecule is Cc1ccc(C)n1C(C)C#N. The van der Waals surface area contributed by atoms with Crippen LogP contribution in [0.25, 0.3) is 0 Å². The predicted octanol–water partition coefficient (Wildman–Crippen LogP) is 2.19. The van der Waals surface area contributed by atoms with E-state index in [2.05, 4.69) is 6.07 Å². The largest absolute Gasteiger partial charge is 0.333 e. The van der Waals surface area contributed by atoms with E-state index in [1.807, 2.05) is 37.5 Å². The monoisotopic (exact) mass is 148 g/mol. The summed E-state index contributed by atoms with van der Waals surface area (Å²) in [4.78, 5) is 0. The summed E-state index contributed by atoms with van der Waals surface area (Å²) in [5.41, 5.74) is 2.30. The number of hydrogen-bond donors (Lipinski definition) is 0. The number of aryl methyl sites for hydroxylation is 2. The zero-order valence-corrected chi connectivity index (χ0v) is 7.13. The zero-order valence-electron chi connectivity index (χ0n) is 7.13. The van der Waals surface area contributed by atoms with Gasteiger partial charge in [0, 0.05) is 11.4 Å². The van der Waals surface area contributed by atoms with Gasteiger partial charge in [0.05, 0.1) is 6.07 Å². The standard InChI is InChI=1S/C9H12N2/c1-7-4-5-8(2)11(7)9(3)6-10/h4-5,9H,1-3H3. The maximum atomic E-state index is 8.68. The molecule has 58 valence electrons. The molecule has 2 nitrogen and oxygen atoms in total. The van der Waals surface area contributed by atoms with Crippen molar-refractivity contribution in [3.8, 4) is 6.07 Å². The molecule has 1 aromatic heterocycles. The van der Waals surface area contributed by atoms with Crippen molar-refractivity contribution in [1.29, 1.82) is 5.26 Å². The van der Waals surface area contributed by atoms with Gasteiger partial charge in [-0.1, -0.05) is 0 Å². The molecule has 11 heavy (non-hydrogen) atoms. The summed E-state index contributed by atoms with van der Waals surface area (Å²) >= 11 is 0. The van der Waals surface area contributed by atoms with Crippen LogP contribution in [0, 0.1) is 25.2 Å². The molecule has 0 N–H and O–H groups in total. The van der Waals surface area contributed by atoms with Gasteiger partial charge in [-0.05, 0) is 32.9 Å². The highest BCUT2D eigenvalue weighted by molar-refractivity contribution is 5.16. The molecule has 0 aliphatic carbocycles. The molecule has 1 aromatic rings. The maximum absolute atomic E-state index is 8.68. The average Bonchev–Trinajstić information content (AvgIpc) is 2.30. The molecule has 1 atom stereocenters. The Morgan fingerprint density at radius 1 is 1.36 bits per heavy atom. The second-order valence-electron chi connectivity index (χ2n) is 2.79. The first-order chi connectivity index (χ1) is 5.16. The van der Waals surface area contributed by atoms with Gasteiger partial charge < -0.3 is 4.57 Å². The van der Waals surface area contributed by atoms with E-state index in [4.69, 9.17) is 5.26 Å². The molecule has 0 amide bonds. The van der Waals surface area contributed by atoms with Crippen LogP contribution in [0.15, 0.2) is 12.1 Å². The number of aromatic nitrogens is 1. The smallest absolute Gasteiger partial charge is 0.118 e. The lowest BCUT2D eigenvalue weighted by Crippen LogP contribution is -2.05. The minimum Gasteiger partial charge on any atom is -0.333 e. The van der Waals surface area contributed by atoms with Crippen molar-refractivity contribution in [3.63, 3.8) is 0 Å². The Kier molecular flexibility index (Phi) is 2.00. The number of rotatable bonds is 1. The van der Waals surface area contributed by atoms with Crippen LogP contribution < -0.4 is 0 Å². The third-order valence-electron chi connectivity index (χ3n) is 1.90. The lowest BCUT2D eigenvalue weighted by molar-refractivity contribution is 0.640. The Balaban J connectivity index is 3.12. The second-order valence-corrected chi connectivity index (χ2v) is 2.79. The molecule has 1 heterocycles. The molecule has 0 saturated heterocycles. The normalized spacial score (nSPS) is 12.5. The van der Waals surface area contributed by atoms with Crippen molar-refractivity contribution >= 4 is 0 Å². The third-order valence-corrected chi connectivity index (χ3v) is 1.90. The highest BCUT2D eigenvalue weighted by atomic mass is 15.0. The number of nitrogens with zero attached hydrogens (tertiary/aromatic N) is 2. The highest BCUT2D eigenvalue weighted by Gasteiger charge is 2.06. The summed E-state index contributed by atoms with van der Waals surface area (Å²) in [5, 5.41) is 8.68. The van der Waals surface area contributed by atoms with E-state index in [1.54, 1.807) is 0 Å². The molecule has 1 rings (SSSR count). The molecule has 0 radical (unpaired) electrons. The minimum absolute atomic E-state index is 0.0509. The summed E-state index contributed by atoms with van der Waals surface area (Å²) in [7, 11) is 0. The molecule has 0 aliphatic rings. The average molecular weight is 148 g/mol. The topological polar surface area (TPSA) is 28.7 Å². The van der Waals surface area contributed by atoms with Crippen molar-refractivity contribution in [3.05, 3.63) is 23.5 Å². The van der Waals surface area contributed by atoms with Crippen LogP contribution in [0.1, 0.15) is 24.4 Å². The Hall–Kier alpha value is -1.23. The zero-order chi connectivity index (χ0) is 8.43. The van der Waals surface area contributed by atoms with Crippen LogP contribution in [-0.2, 0) is 0 Å². The number of nitriles is 1. The van der Waals surface area contributed by atoms with Gasteiger partial charge in [0.1, 0.15) is 6.04 Å². The van der Waals surface area contributed by atoms with Crippen LogP contribution in [0.4, 0.5) is 0 Å². The Morgan fingerprint density at radius 2 is 1.82 bits per heavy atom. The quantitative estimate of drug-likeness (QED) is 0.600. The van der Waals surface area contributed by atoms with Crippen LogP contribution in [0.5, 0.6) is 0 Å². The minimum atomic E-state index is -0.0509. The summed E-state index contributed by atoms with van der Waals surface area (Å²) in [5.74, 6) is 0. The van der Waals surface area contributed by atoms with Crippen molar-refractivity contribution in [2.75, 3.05) is 0 Å². The molecule has 2 heteroatoms. The first-order valence-corrected chi connectivity index (χ1v) is 3.71. The van der Waals surface area contributed by atoms with E-state index < -0.39 is 0 Å². The number of hydrogen-bond acceptors (Lipinski definition) is 1. The fourth-order valence-electron chi connectivity index (χ4n) is 1.35. The Bertz CT molecular complexity index is 272. The fourth-order valence-corrected chi connectivity index (χ4v) is 1.35. The van der Waals surface area contributed by atoms with E-state index in [1.165, 1.54) is 0 Å². The maximum Gasteiger partial charge on any atom is 0.118 e. The van der Waals surface area contributed by atoms with E-state index in [9.17, 15) is 0 Å². The van der Waals surface area contributed by atoms with Gasteiger partial charge in [0.15, 0.2) is 0 Å². The summed E-state index contributed by atoms with van der Waals surface area (Å²) in [6.07, 6.45) is 0. The molecule has 0 spiro atoms. The molecular formula is C9H12N2. The summed E-state index contributed by atoms with van der Waals surface area (Å²) in [6, 6.07) is 6.22.